The van der Waals surface area contributed by atoms with Gasteiger partial charge in [-0.1, -0.05) is 42.5 Å². The summed E-state index contributed by atoms with van der Waals surface area (Å²) in [7, 11) is 0. The first kappa shape index (κ1) is 18.1. The summed E-state index contributed by atoms with van der Waals surface area (Å²) in [6.45, 7) is 0. The van der Waals surface area contributed by atoms with Crippen LogP contribution in [0.3, 0.4) is 0 Å². The van der Waals surface area contributed by atoms with Gasteiger partial charge in [-0.15, -0.1) is 0 Å². The number of aromatic nitrogens is 2. The first-order valence-corrected chi connectivity index (χ1v) is 8.88. The van der Waals surface area contributed by atoms with Gasteiger partial charge in [0.05, 0.1) is 16.1 Å². The number of anilines is 1. The van der Waals surface area contributed by atoms with Crippen molar-refractivity contribution < 1.29 is 9.72 Å². The number of amides is 1. The lowest BCUT2D eigenvalue weighted by atomic mass is 10.1. The second-order valence-corrected chi connectivity index (χ2v) is 6.33. The van der Waals surface area contributed by atoms with Crippen LogP contribution in [0.5, 0.6) is 0 Å². The molecule has 1 amide bonds. The molecule has 0 unspecified atom stereocenters. The Morgan fingerprint density at radius 2 is 1.69 bits per heavy atom. The fourth-order valence-electron chi connectivity index (χ4n) is 2.97. The molecule has 29 heavy (non-hydrogen) atoms. The number of nitrogens with one attached hydrogen (secondary N) is 2. The minimum Gasteiger partial charge on any atom is -0.321 e. The Labute approximate surface area is 165 Å². The normalized spacial score (nSPS) is 11.0. The molecular weight excluding hydrogens is 368 g/mol. The van der Waals surface area contributed by atoms with E-state index in [1.54, 1.807) is 6.07 Å². The third-order valence-corrected chi connectivity index (χ3v) is 4.47. The number of rotatable bonds is 5. The standard InChI is InChI=1S/C22H16N4O3/c27-22(16-9-12-17(13-10-16)26(28)29)23-19-7-3-1-5-15(19)11-14-21-18-6-2-4-8-20(18)24-25-21/h1-14H,(H,23,27)(H,24,25). The number of hydrogen-bond acceptors (Lipinski definition) is 4. The van der Waals surface area contributed by atoms with Crippen LogP contribution < -0.4 is 5.32 Å². The highest BCUT2D eigenvalue weighted by Crippen LogP contribution is 2.22. The Bertz CT molecular complexity index is 1230. The topological polar surface area (TPSA) is 101 Å². The number of aromatic amines is 1. The summed E-state index contributed by atoms with van der Waals surface area (Å²) in [5.41, 5.74) is 3.48. The van der Waals surface area contributed by atoms with E-state index in [-0.39, 0.29) is 11.6 Å². The summed E-state index contributed by atoms with van der Waals surface area (Å²) in [5.74, 6) is -0.342. The molecule has 0 atom stereocenters. The number of nitro groups is 1. The number of fused-ring (bicyclic) bond motifs is 1. The largest absolute Gasteiger partial charge is 0.321 e. The van der Waals surface area contributed by atoms with Crippen molar-refractivity contribution in [2.24, 2.45) is 0 Å². The summed E-state index contributed by atoms with van der Waals surface area (Å²) in [4.78, 5) is 22.8. The number of benzene rings is 3. The fourth-order valence-corrected chi connectivity index (χ4v) is 2.97. The number of nitrogens with zero attached hydrogens (tertiary/aromatic N) is 2. The van der Waals surface area contributed by atoms with E-state index in [9.17, 15) is 14.9 Å². The summed E-state index contributed by atoms with van der Waals surface area (Å²) in [6, 6.07) is 20.7. The van der Waals surface area contributed by atoms with Gasteiger partial charge in [0.1, 0.15) is 0 Å². The van der Waals surface area contributed by atoms with Gasteiger partial charge in [0, 0.05) is 28.8 Å². The van der Waals surface area contributed by atoms with Crippen LogP contribution in [0.15, 0.2) is 72.8 Å². The quantitative estimate of drug-likeness (QED) is 0.378. The molecule has 0 saturated heterocycles. The minimum atomic E-state index is -0.499. The van der Waals surface area contributed by atoms with Gasteiger partial charge in [0.2, 0.25) is 0 Å². The van der Waals surface area contributed by atoms with Crippen molar-refractivity contribution in [3.8, 4) is 0 Å². The lowest BCUT2D eigenvalue weighted by Gasteiger charge is -2.08. The number of para-hydroxylation sites is 2. The Balaban J connectivity index is 1.56. The molecule has 0 aliphatic rings. The van der Waals surface area contributed by atoms with E-state index in [1.165, 1.54) is 24.3 Å². The van der Waals surface area contributed by atoms with Crippen LogP contribution in [-0.2, 0) is 0 Å². The molecule has 1 heterocycles. The molecule has 4 rings (SSSR count). The number of carbonyl (C=O) groups excluding carboxylic acids is 1. The number of H-pyrrole nitrogens is 1. The van der Waals surface area contributed by atoms with Crippen LogP contribution >= 0.6 is 0 Å². The Morgan fingerprint density at radius 1 is 0.966 bits per heavy atom. The van der Waals surface area contributed by atoms with E-state index in [1.807, 2.05) is 54.6 Å². The van der Waals surface area contributed by atoms with Gasteiger partial charge >= 0.3 is 0 Å². The molecular formula is C22H16N4O3. The van der Waals surface area contributed by atoms with Crippen LogP contribution in [0, 0.1) is 10.1 Å². The maximum absolute atomic E-state index is 12.5. The van der Waals surface area contributed by atoms with E-state index in [0.29, 0.717) is 11.3 Å². The van der Waals surface area contributed by atoms with Gasteiger partial charge < -0.3 is 5.32 Å². The lowest BCUT2D eigenvalue weighted by molar-refractivity contribution is -0.384. The monoisotopic (exact) mass is 384 g/mol. The summed E-state index contributed by atoms with van der Waals surface area (Å²) < 4.78 is 0. The number of nitro benzene ring substituents is 1. The van der Waals surface area contributed by atoms with Crippen LogP contribution in [0.4, 0.5) is 11.4 Å². The number of non-ortho nitro benzene ring substituents is 1. The van der Waals surface area contributed by atoms with Crippen molar-refractivity contribution in [3.63, 3.8) is 0 Å². The molecule has 0 saturated carbocycles. The molecule has 0 aliphatic heterocycles. The minimum absolute atomic E-state index is 0.0592. The van der Waals surface area contributed by atoms with E-state index < -0.39 is 4.92 Å². The van der Waals surface area contributed by atoms with Gasteiger partial charge in [0.25, 0.3) is 11.6 Å². The molecule has 7 nitrogen and oxygen atoms in total. The molecule has 0 fully saturated rings. The molecule has 0 aliphatic carbocycles. The van der Waals surface area contributed by atoms with Crippen molar-refractivity contribution in [3.05, 3.63) is 99.7 Å². The highest BCUT2D eigenvalue weighted by molar-refractivity contribution is 6.05. The Morgan fingerprint density at radius 3 is 2.48 bits per heavy atom. The number of carbonyl (C=O) groups is 1. The van der Waals surface area contributed by atoms with E-state index in [2.05, 4.69) is 15.5 Å². The molecule has 4 aromatic rings. The van der Waals surface area contributed by atoms with Crippen LogP contribution in [0.2, 0.25) is 0 Å². The maximum atomic E-state index is 12.5. The van der Waals surface area contributed by atoms with Crippen molar-refractivity contribution in [2.75, 3.05) is 5.32 Å². The van der Waals surface area contributed by atoms with Crippen LogP contribution in [-0.4, -0.2) is 21.0 Å². The molecule has 0 radical (unpaired) electrons. The summed E-state index contributed by atoms with van der Waals surface area (Å²) >= 11 is 0. The average molecular weight is 384 g/mol. The molecule has 3 aromatic carbocycles. The molecule has 0 spiro atoms. The molecule has 2 N–H and O–H groups in total. The van der Waals surface area contributed by atoms with Crippen LogP contribution in [0.1, 0.15) is 21.6 Å². The molecule has 0 bridgehead atoms. The van der Waals surface area contributed by atoms with Crippen molar-refractivity contribution in [1.29, 1.82) is 0 Å². The van der Waals surface area contributed by atoms with Crippen molar-refractivity contribution in [1.82, 2.24) is 10.2 Å². The van der Waals surface area contributed by atoms with Crippen molar-refractivity contribution in [2.45, 2.75) is 0 Å². The highest BCUT2D eigenvalue weighted by Gasteiger charge is 2.11. The van der Waals surface area contributed by atoms with Gasteiger partial charge in [-0.05, 0) is 35.9 Å². The first-order valence-electron chi connectivity index (χ1n) is 8.88. The maximum Gasteiger partial charge on any atom is 0.269 e. The Hall–Kier alpha value is -4.26. The lowest BCUT2D eigenvalue weighted by Crippen LogP contribution is -2.12. The zero-order valence-electron chi connectivity index (χ0n) is 15.2. The highest BCUT2D eigenvalue weighted by atomic mass is 16.6. The molecule has 142 valence electrons. The van der Waals surface area contributed by atoms with Gasteiger partial charge in [-0.2, -0.15) is 5.10 Å². The SMILES string of the molecule is O=C(Nc1ccccc1C=Cc1n[nH]c2ccccc12)c1ccc([N+](=O)[O-])cc1. The second kappa shape index (κ2) is 7.77. The van der Waals surface area contributed by atoms with Gasteiger partial charge in [-0.3, -0.25) is 20.0 Å². The molecule has 7 heteroatoms. The predicted molar refractivity (Wildman–Crippen MR) is 113 cm³/mol. The molecule has 1 aromatic heterocycles. The van der Waals surface area contributed by atoms with E-state index >= 15 is 0 Å². The van der Waals surface area contributed by atoms with Gasteiger partial charge in [-0.25, -0.2) is 0 Å². The average Bonchev–Trinajstić information content (AvgIpc) is 3.16. The zero-order valence-corrected chi connectivity index (χ0v) is 15.2. The smallest absolute Gasteiger partial charge is 0.269 e. The third-order valence-electron chi connectivity index (χ3n) is 4.47. The first-order chi connectivity index (χ1) is 14.1. The summed E-state index contributed by atoms with van der Waals surface area (Å²) in [5, 5.41) is 21.9. The third kappa shape index (κ3) is 3.89. The van der Waals surface area contributed by atoms with E-state index in [0.717, 1.165) is 22.2 Å². The van der Waals surface area contributed by atoms with Crippen molar-refractivity contribution >= 4 is 40.3 Å². The number of hydrogen-bond donors (Lipinski definition) is 2. The zero-order chi connectivity index (χ0) is 20.2. The second-order valence-electron chi connectivity index (χ2n) is 6.33. The van der Waals surface area contributed by atoms with Gasteiger partial charge in [0.15, 0.2) is 0 Å². The fraction of sp³-hybridized carbons (Fsp3) is 0. The Kier molecular flexibility index (Phi) is 4.86. The van der Waals surface area contributed by atoms with E-state index in [4.69, 9.17) is 0 Å². The summed E-state index contributed by atoms with van der Waals surface area (Å²) in [6.07, 6.45) is 3.77. The van der Waals surface area contributed by atoms with Crippen LogP contribution in [0.25, 0.3) is 23.1 Å². The predicted octanol–water partition coefficient (Wildman–Crippen LogP) is 4.89.